The molecule has 1 aliphatic rings. The first-order chi connectivity index (χ1) is 15.6. The Morgan fingerprint density at radius 2 is 1.78 bits per heavy atom. The van der Waals surface area contributed by atoms with Crippen LogP contribution < -0.4 is 5.32 Å². The summed E-state index contributed by atoms with van der Waals surface area (Å²) in [6.45, 7) is 4.73. The van der Waals surface area contributed by atoms with Gasteiger partial charge in [-0.15, -0.1) is 10.2 Å². The predicted molar refractivity (Wildman–Crippen MR) is 124 cm³/mol. The molecular formula is C24H28FN5OS. The molecule has 4 rings (SSSR count). The second-order valence-corrected chi connectivity index (χ2v) is 8.98. The van der Waals surface area contributed by atoms with Crippen LogP contribution in [0.1, 0.15) is 43.6 Å². The number of aromatic nitrogens is 3. The second kappa shape index (κ2) is 10.7. The van der Waals surface area contributed by atoms with Crippen LogP contribution in [-0.4, -0.2) is 44.4 Å². The molecule has 0 bridgehead atoms. The molecule has 0 spiro atoms. The highest BCUT2D eigenvalue weighted by Gasteiger charge is 2.20. The molecule has 6 nitrogen and oxygen atoms in total. The normalized spacial score (nSPS) is 15.4. The zero-order valence-electron chi connectivity index (χ0n) is 18.2. The molecule has 168 valence electrons. The van der Waals surface area contributed by atoms with Gasteiger partial charge in [-0.05, 0) is 62.7 Å². The fourth-order valence-electron chi connectivity index (χ4n) is 3.90. The number of benzene rings is 2. The molecule has 8 heteroatoms. The molecule has 2 aromatic carbocycles. The Bertz CT molecular complexity index is 1020. The van der Waals surface area contributed by atoms with Gasteiger partial charge in [-0.2, -0.15) is 0 Å². The van der Waals surface area contributed by atoms with Crippen LogP contribution in [0.25, 0.3) is 5.69 Å². The van der Waals surface area contributed by atoms with Crippen LogP contribution in [0.4, 0.5) is 4.39 Å². The summed E-state index contributed by atoms with van der Waals surface area (Å²) < 4.78 is 15.4. The zero-order valence-corrected chi connectivity index (χ0v) is 19.0. The first-order valence-corrected chi connectivity index (χ1v) is 12.0. The molecule has 1 aliphatic heterocycles. The summed E-state index contributed by atoms with van der Waals surface area (Å²) in [7, 11) is 0. The Morgan fingerprint density at radius 1 is 1.06 bits per heavy atom. The van der Waals surface area contributed by atoms with Gasteiger partial charge < -0.3 is 5.32 Å². The van der Waals surface area contributed by atoms with E-state index in [9.17, 15) is 9.18 Å². The molecule has 2 heterocycles. The van der Waals surface area contributed by atoms with Crippen molar-refractivity contribution >= 4 is 17.7 Å². The molecule has 32 heavy (non-hydrogen) atoms. The Labute approximate surface area is 192 Å². The molecule has 1 amide bonds. The van der Waals surface area contributed by atoms with Crippen molar-refractivity contribution in [3.63, 3.8) is 0 Å². The first-order valence-electron chi connectivity index (χ1n) is 11.0. The van der Waals surface area contributed by atoms with Crippen molar-refractivity contribution in [1.82, 2.24) is 25.0 Å². The standard InChI is InChI=1S/C24H28FN5OS/c1-18(19-8-4-2-5-9-19)26-23(31)17-32-24-28-27-22(16-29-14-6-3-7-15-29)30(24)21-12-10-20(25)11-13-21/h2,4-5,8-13,18H,3,6-7,14-17H2,1H3,(H,26,31). The minimum Gasteiger partial charge on any atom is -0.349 e. The van der Waals surface area contributed by atoms with E-state index in [1.165, 1.54) is 43.2 Å². The number of likely N-dealkylation sites (tertiary alicyclic amines) is 1. The van der Waals surface area contributed by atoms with Gasteiger partial charge in [0, 0.05) is 5.69 Å². The molecule has 0 aliphatic carbocycles. The number of hydrogen-bond acceptors (Lipinski definition) is 5. The quantitative estimate of drug-likeness (QED) is 0.514. The highest BCUT2D eigenvalue weighted by molar-refractivity contribution is 7.99. The number of carbonyl (C=O) groups is 1. The van der Waals surface area contributed by atoms with Crippen molar-refractivity contribution < 1.29 is 9.18 Å². The highest BCUT2D eigenvalue weighted by atomic mass is 32.2. The lowest BCUT2D eigenvalue weighted by Gasteiger charge is -2.26. The maximum absolute atomic E-state index is 13.5. The van der Waals surface area contributed by atoms with Crippen molar-refractivity contribution in [2.24, 2.45) is 0 Å². The molecular weight excluding hydrogens is 425 g/mol. The molecule has 0 radical (unpaired) electrons. The van der Waals surface area contributed by atoms with Gasteiger partial charge in [-0.1, -0.05) is 48.5 Å². The summed E-state index contributed by atoms with van der Waals surface area (Å²) in [5.41, 5.74) is 1.85. The third-order valence-electron chi connectivity index (χ3n) is 5.61. The summed E-state index contributed by atoms with van der Waals surface area (Å²) in [4.78, 5) is 14.9. The van der Waals surface area contributed by atoms with Gasteiger partial charge in [0.1, 0.15) is 5.82 Å². The van der Waals surface area contributed by atoms with E-state index in [-0.39, 0.29) is 23.5 Å². The van der Waals surface area contributed by atoms with Crippen LogP contribution in [0, 0.1) is 5.82 Å². The van der Waals surface area contributed by atoms with Crippen LogP contribution >= 0.6 is 11.8 Å². The van der Waals surface area contributed by atoms with Crippen LogP contribution in [0.3, 0.4) is 0 Å². The SMILES string of the molecule is CC(NC(=O)CSc1nnc(CN2CCCCC2)n1-c1ccc(F)cc1)c1ccccc1. The highest BCUT2D eigenvalue weighted by Crippen LogP contribution is 2.24. The summed E-state index contributed by atoms with van der Waals surface area (Å²) in [6.07, 6.45) is 3.64. The molecule has 1 unspecified atom stereocenters. The van der Waals surface area contributed by atoms with Crippen LogP contribution in [0.2, 0.25) is 0 Å². The van der Waals surface area contributed by atoms with Crippen molar-refractivity contribution in [1.29, 1.82) is 0 Å². The molecule has 0 saturated carbocycles. The average Bonchev–Trinajstić information content (AvgIpc) is 3.21. The van der Waals surface area contributed by atoms with Crippen molar-refractivity contribution in [2.75, 3.05) is 18.8 Å². The summed E-state index contributed by atoms with van der Waals surface area (Å²) in [5.74, 6) is 0.666. The summed E-state index contributed by atoms with van der Waals surface area (Å²) in [5, 5.41) is 12.4. The van der Waals surface area contributed by atoms with Gasteiger partial charge in [-0.3, -0.25) is 14.3 Å². The van der Waals surface area contributed by atoms with E-state index in [1.54, 1.807) is 12.1 Å². The first kappa shape index (κ1) is 22.5. The van der Waals surface area contributed by atoms with Gasteiger partial charge in [-0.25, -0.2) is 4.39 Å². The van der Waals surface area contributed by atoms with Crippen LogP contribution in [0.15, 0.2) is 59.8 Å². The molecule has 3 aromatic rings. The number of rotatable bonds is 8. The average molecular weight is 454 g/mol. The fourth-order valence-corrected chi connectivity index (χ4v) is 4.68. The maximum atomic E-state index is 13.5. The molecule has 1 aromatic heterocycles. The number of carbonyl (C=O) groups excluding carboxylic acids is 1. The minimum atomic E-state index is -0.289. The monoisotopic (exact) mass is 453 g/mol. The van der Waals surface area contributed by atoms with Crippen molar-refractivity contribution in [3.8, 4) is 5.69 Å². The Kier molecular flexibility index (Phi) is 7.55. The van der Waals surface area contributed by atoms with E-state index in [0.717, 1.165) is 30.2 Å². The summed E-state index contributed by atoms with van der Waals surface area (Å²) >= 11 is 1.34. The maximum Gasteiger partial charge on any atom is 0.230 e. The Balaban J connectivity index is 1.47. The topological polar surface area (TPSA) is 63.1 Å². The lowest BCUT2D eigenvalue weighted by Crippen LogP contribution is -2.30. The van der Waals surface area contributed by atoms with Gasteiger partial charge in [0.15, 0.2) is 11.0 Å². The van der Waals surface area contributed by atoms with E-state index in [2.05, 4.69) is 20.4 Å². The molecule has 1 saturated heterocycles. The van der Waals surface area contributed by atoms with E-state index in [1.807, 2.05) is 41.8 Å². The number of piperidine rings is 1. The summed E-state index contributed by atoms with van der Waals surface area (Å²) in [6, 6.07) is 16.1. The minimum absolute atomic E-state index is 0.0717. The molecule has 1 atom stereocenters. The number of thioether (sulfide) groups is 1. The van der Waals surface area contributed by atoms with E-state index >= 15 is 0 Å². The van der Waals surface area contributed by atoms with Gasteiger partial charge in [0.25, 0.3) is 0 Å². The van der Waals surface area contributed by atoms with E-state index < -0.39 is 0 Å². The number of halogens is 1. The number of hydrogen-bond donors (Lipinski definition) is 1. The second-order valence-electron chi connectivity index (χ2n) is 8.04. The lowest BCUT2D eigenvalue weighted by molar-refractivity contribution is -0.119. The Hall–Kier alpha value is -2.71. The van der Waals surface area contributed by atoms with Crippen molar-refractivity contribution in [2.45, 2.75) is 43.9 Å². The molecule has 1 N–H and O–H groups in total. The Morgan fingerprint density at radius 3 is 2.50 bits per heavy atom. The third kappa shape index (κ3) is 5.75. The van der Waals surface area contributed by atoms with Gasteiger partial charge in [0.05, 0.1) is 18.3 Å². The van der Waals surface area contributed by atoms with Crippen LogP contribution in [0.5, 0.6) is 0 Å². The fraction of sp³-hybridized carbons (Fsp3) is 0.375. The predicted octanol–water partition coefficient (Wildman–Crippen LogP) is 4.36. The molecule has 1 fully saturated rings. The van der Waals surface area contributed by atoms with Crippen LogP contribution in [-0.2, 0) is 11.3 Å². The van der Waals surface area contributed by atoms with Crippen molar-refractivity contribution in [3.05, 3.63) is 71.8 Å². The third-order valence-corrected chi connectivity index (χ3v) is 6.54. The van der Waals surface area contributed by atoms with Gasteiger partial charge in [0.2, 0.25) is 5.91 Å². The van der Waals surface area contributed by atoms with E-state index in [4.69, 9.17) is 0 Å². The lowest BCUT2D eigenvalue weighted by atomic mass is 10.1. The largest absolute Gasteiger partial charge is 0.349 e. The zero-order chi connectivity index (χ0) is 22.3. The van der Waals surface area contributed by atoms with E-state index in [0.29, 0.717) is 11.7 Å². The number of amides is 1. The number of nitrogens with zero attached hydrogens (tertiary/aromatic N) is 4. The van der Waals surface area contributed by atoms with Gasteiger partial charge >= 0.3 is 0 Å². The number of nitrogens with one attached hydrogen (secondary N) is 1. The smallest absolute Gasteiger partial charge is 0.230 e.